The van der Waals surface area contributed by atoms with Crippen molar-refractivity contribution in [2.75, 3.05) is 11.8 Å². The number of nitrogens with one attached hydrogen (secondary N) is 2. The molecule has 6 nitrogen and oxygen atoms in total. The third-order valence-corrected chi connectivity index (χ3v) is 1.39. The fourth-order valence-electron chi connectivity index (χ4n) is 0.295. The van der Waals surface area contributed by atoms with Gasteiger partial charge in [-0.3, -0.25) is 0 Å². The SMILES string of the molecule is NC(=O)NCSCNC(N)=O. The third kappa shape index (κ3) is 8.89. The first-order valence-corrected chi connectivity index (χ1v) is 3.92. The molecule has 4 amide bonds. The minimum atomic E-state index is -0.587. The zero-order valence-electron chi connectivity index (χ0n) is 5.79. The molecule has 0 aromatic heterocycles. The highest BCUT2D eigenvalue weighted by atomic mass is 32.2. The Labute approximate surface area is 68.1 Å². The Balaban J connectivity index is 3.03. The minimum absolute atomic E-state index is 0.357. The predicted molar refractivity (Wildman–Crippen MR) is 42.8 cm³/mol. The molecule has 64 valence electrons. The molecular weight excluding hydrogens is 168 g/mol. The van der Waals surface area contributed by atoms with Crippen molar-refractivity contribution in [3.05, 3.63) is 0 Å². The highest BCUT2D eigenvalue weighted by molar-refractivity contribution is 7.99. The average molecular weight is 178 g/mol. The first-order valence-electron chi connectivity index (χ1n) is 2.77. The number of rotatable bonds is 4. The maximum atomic E-state index is 10.1. The molecule has 0 bridgehead atoms. The monoisotopic (exact) mass is 178 g/mol. The molecule has 0 rings (SSSR count). The summed E-state index contributed by atoms with van der Waals surface area (Å²) in [7, 11) is 0. The van der Waals surface area contributed by atoms with Gasteiger partial charge in [0, 0.05) is 0 Å². The first-order chi connectivity index (χ1) is 5.13. The first kappa shape index (κ1) is 9.89. The van der Waals surface area contributed by atoms with E-state index in [1.54, 1.807) is 0 Å². The molecule has 6 N–H and O–H groups in total. The molecule has 0 aromatic carbocycles. The van der Waals surface area contributed by atoms with Gasteiger partial charge in [-0.2, -0.15) is 0 Å². The van der Waals surface area contributed by atoms with Gasteiger partial charge < -0.3 is 22.1 Å². The van der Waals surface area contributed by atoms with Crippen LogP contribution in [0.5, 0.6) is 0 Å². The number of thioether (sulfide) groups is 1. The molecular formula is C4H10N4O2S. The number of amides is 4. The predicted octanol–water partition coefficient (Wildman–Crippen LogP) is -1.03. The van der Waals surface area contributed by atoms with Gasteiger partial charge in [-0.15, -0.1) is 11.8 Å². The second-order valence-electron chi connectivity index (χ2n) is 1.57. The zero-order chi connectivity index (χ0) is 8.69. The summed E-state index contributed by atoms with van der Waals surface area (Å²) in [6, 6.07) is -1.17. The number of urea groups is 2. The lowest BCUT2D eigenvalue weighted by Crippen LogP contribution is -2.32. The van der Waals surface area contributed by atoms with E-state index < -0.39 is 12.1 Å². The summed E-state index contributed by atoms with van der Waals surface area (Å²) in [5.41, 5.74) is 9.52. The lowest BCUT2D eigenvalue weighted by atomic mass is 11.0. The Morgan fingerprint density at radius 3 is 1.73 bits per heavy atom. The van der Waals surface area contributed by atoms with E-state index in [-0.39, 0.29) is 0 Å². The van der Waals surface area contributed by atoms with Crippen molar-refractivity contribution >= 4 is 23.8 Å². The van der Waals surface area contributed by atoms with Crippen LogP contribution in [0, 0.1) is 0 Å². The fraction of sp³-hybridized carbons (Fsp3) is 0.500. The quantitative estimate of drug-likeness (QED) is 0.326. The van der Waals surface area contributed by atoms with Crippen LogP contribution in [0.1, 0.15) is 0 Å². The number of hydrogen-bond acceptors (Lipinski definition) is 3. The second-order valence-corrected chi connectivity index (χ2v) is 2.56. The molecule has 0 saturated heterocycles. The van der Waals surface area contributed by atoms with Gasteiger partial charge in [0.2, 0.25) is 0 Å². The molecule has 0 unspecified atom stereocenters. The molecule has 11 heavy (non-hydrogen) atoms. The summed E-state index contributed by atoms with van der Waals surface area (Å²) < 4.78 is 0. The Kier molecular flexibility index (Phi) is 5.09. The summed E-state index contributed by atoms with van der Waals surface area (Å²) in [6.45, 7) is 0. The lowest BCUT2D eigenvalue weighted by Gasteiger charge is -2.01. The number of hydrogen-bond donors (Lipinski definition) is 4. The molecule has 0 aliphatic rings. The maximum Gasteiger partial charge on any atom is 0.312 e. The van der Waals surface area contributed by atoms with Crippen LogP contribution in [0.2, 0.25) is 0 Å². The van der Waals surface area contributed by atoms with E-state index in [4.69, 9.17) is 11.5 Å². The van der Waals surface area contributed by atoms with Gasteiger partial charge in [0.05, 0.1) is 11.8 Å². The van der Waals surface area contributed by atoms with Gasteiger partial charge >= 0.3 is 12.1 Å². The van der Waals surface area contributed by atoms with Crippen LogP contribution in [-0.2, 0) is 0 Å². The molecule has 0 heterocycles. The summed E-state index contributed by atoms with van der Waals surface area (Å²) in [5.74, 6) is 0.714. The standard InChI is InChI=1S/C4H10N4O2S/c5-3(9)7-1-11-2-8-4(6)10/h1-2H2,(H3,5,7,9)(H3,6,8,10). The molecule has 0 aliphatic carbocycles. The molecule has 7 heteroatoms. The van der Waals surface area contributed by atoms with E-state index in [1.807, 2.05) is 0 Å². The third-order valence-electron chi connectivity index (χ3n) is 0.697. The lowest BCUT2D eigenvalue weighted by molar-refractivity contribution is 0.250. The average Bonchev–Trinajstić information content (AvgIpc) is 1.85. The number of carbonyl (C=O) groups is 2. The minimum Gasteiger partial charge on any atom is -0.352 e. The van der Waals surface area contributed by atoms with E-state index in [1.165, 1.54) is 11.8 Å². The summed E-state index contributed by atoms with van der Waals surface area (Å²) in [4.78, 5) is 20.2. The molecule has 0 spiro atoms. The van der Waals surface area contributed by atoms with Gasteiger partial charge in [-0.25, -0.2) is 9.59 Å². The fourth-order valence-corrected chi connectivity index (χ4v) is 0.886. The Hall–Kier alpha value is -1.11. The molecule has 0 aromatic rings. The van der Waals surface area contributed by atoms with Crippen molar-refractivity contribution in [3.8, 4) is 0 Å². The maximum absolute atomic E-state index is 10.1. The van der Waals surface area contributed by atoms with Crippen LogP contribution in [0.4, 0.5) is 9.59 Å². The Morgan fingerprint density at radius 2 is 1.45 bits per heavy atom. The molecule has 0 atom stereocenters. The highest BCUT2D eigenvalue weighted by Gasteiger charge is 1.92. The van der Waals surface area contributed by atoms with Crippen LogP contribution in [0.15, 0.2) is 0 Å². The van der Waals surface area contributed by atoms with Crippen LogP contribution in [-0.4, -0.2) is 23.8 Å². The Bertz CT molecular complexity index is 135. The van der Waals surface area contributed by atoms with Gasteiger partial charge in [0.1, 0.15) is 0 Å². The van der Waals surface area contributed by atoms with Crippen molar-refractivity contribution in [2.45, 2.75) is 0 Å². The van der Waals surface area contributed by atoms with Crippen molar-refractivity contribution in [1.29, 1.82) is 0 Å². The van der Waals surface area contributed by atoms with Crippen LogP contribution in [0.3, 0.4) is 0 Å². The van der Waals surface area contributed by atoms with E-state index in [0.717, 1.165) is 0 Å². The van der Waals surface area contributed by atoms with Crippen molar-refractivity contribution in [3.63, 3.8) is 0 Å². The van der Waals surface area contributed by atoms with E-state index in [2.05, 4.69) is 10.6 Å². The van der Waals surface area contributed by atoms with Crippen molar-refractivity contribution in [1.82, 2.24) is 10.6 Å². The van der Waals surface area contributed by atoms with E-state index in [0.29, 0.717) is 11.8 Å². The normalized spacial score (nSPS) is 8.73. The van der Waals surface area contributed by atoms with Gasteiger partial charge in [-0.1, -0.05) is 0 Å². The van der Waals surface area contributed by atoms with Crippen molar-refractivity contribution < 1.29 is 9.59 Å². The van der Waals surface area contributed by atoms with Gasteiger partial charge in [0.25, 0.3) is 0 Å². The van der Waals surface area contributed by atoms with Crippen LogP contribution < -0.4 is 22.1 Å². The number of carbonyl (C=O) groups excluding carboxylic acids is 2. The molecule has 0 saturated carbocycles. The Morgan fingerprint density at radius 1 is 1.09 bits per heavy atom. The summed E-state index contributed by atoms with van der Waals surface area (Å²) >= 11 is 1.29. The van der Waals surface area contributed by atoms with Gasteiger partial charge in [0.15, 0.2) is 0 Å². The molecule has 0 radical (unpaired) electrons. The van der Waals surface area contributed by atoms with E-state index in [9.17, 15) is 9.59 Å². The highest BCUT2D eigenvalue weighted by Crippen LogP contribution is 1.91. The van der Waals surface area contributed by atoms with Crippen LogP contribution in [0.25, 0.3) is 0 Å². The van der Waals surface area contributed by atoms with E-state index >= 15 is 0 Å². The summed E-state index contributed by atoms with van der Waals surface area (Å²) in [5, 5.41) is 4.66. The van der Waals surface area contributed by atoms with Gasteiger partial charge in [-0.05, 0) is 0 Å². The second kappa shape index (κ2) is 5.66. The zero-order valence-corrected chi connectivity index (χ0v) is 6.61. The number of primary amides is 2. The molecule has 0 fully saturated rings. The number of nitrogens with two attached hydrogens (primary N) is 2. The van der Waals surface area contributed by atoms with Crippen LogP contribution >= 0.6 is 11.8 Å². The summed E-state index contributed by atoms with van der Waals surface area (Å²) in [6.07, 6.45) is 0. The topological polar surface area (TPSA) is 110 Å². The molecule has 0 aliphatic heterocycles. The van der Waals surface area contributed by atoms with Crippen molar-refractivity contribution in [2.24, 2.45) is 11.5 Å². The largest absolute Gasteiger partial charge is 0.352 e. The smallest absolute Gasteiger partial charge is 0.312 e.